The Morgan fingerprint density at radius 1 is 1.18 bits per heavy atom. The molecule has 0 fully saturated rings. The van der Waals surface area contributed by atoms with Gasteiger partial charge in [0.25, 0.3) is 0 Å². The summed E-state index contributed by atoms with van der Waals surface area (Å²) in [4.78, 5) is 16.2. The number of pyridine rings is 1. The van der Waals surface area contributed by atoms with Crippen molar-refractivity contribution < 1.29 is 37.4 Å². The molecule has 0 amide bonds. The number of carbonyl (C=O) groups is 1. The lowest BCUT2D eigenvalue weighted by Gasteiger charge is -2.10. The van der Waals surface area contributed by atoms with Gasteiger partial charge in [0.05, 0.1) is 23.4 Å². The van der Waals surface area contributed by atoms with Crippen molar-refractivity contribution in [1.82, 2.24) is 4.98 Å². The second kappa shape index (κ2) is 13.5. The van der Waals surface area contributed by atoms with Crippen LogP contribution in [0.15, 0.2) is 54.7 Å². The highest BCUT2D eigenvalue weighted by molar-refractivity contribution is 6.31. The van der Waals surface area contributed by atoms with E-state index < -0.39 is 23.3 Å². The topological polar surface area (TPSA) is 91.7 Å². The highest BCUT2D eigenvalue weighted by Crippen LogP contribution is 2.29. The van der Waals surface area contributed by atoms with Crippen LogP contribution in [0.2, 0.25) is 5.02 Å². The third-order valence-corrected chi connectivity index (χ3v) is 4.16. The fourth-order valence-corrected chi connectivity index (χ4v) is 2.70. The Balaban J connectivity index is 0.000000347. The molecule has 0 spiro atoms. The minimum atomic E-state index is -4.22. The van der Waals surface area contributed by atoms with Crippen LogP contribution in [-0.2, 0) is 6.18 Å². The van der Waals surface area contributed by atoms with Crippen LogP contribution in [0, 0.1) is 12.7 Å². The van der Waals surface area contributed by atoms with E-state index in [1.54, 1.807) is 19.9 Å². The minimum absolute atomic E-state index is 0.0205. The van der Waals surface area contributed by atoms with E-state index in [9.17, 15) is 22.4 Å². The van der Waals surface area contributed by atoms with Crippen molar-refractivity contribution in [3.8, 4) is 5.75 Å². The van der Waals surface area contributed by atoms with Crippen LogP contribution in [0.5, 0.6) is 5.75 Å². The highest BCUT2D eigenvalue weighted by atomic mass is 35.5. The number of anilines is 1. The average Bonchev–Trinajstić information content (AvgIpc) is 2.78. The largest absolute Gasteiger partial charge is 0.496 e. The predicted molar refractivity (Wildman–Crippen MR) is 120 cm³/mol. The van der Waals surface area contributed by atoms with Crippen molar-refractivity contribution >= 4 is 23.1 Å². The van der Waals surface area contributed by atoms with Gasteiger partial charge in [-0.25, -0.2) is 9.37 Å². The molecule has 34 heavy (non-hydrogen) atoms. The Hall–Kier alpha value is -3.21. The fourth-order valence-electron chi connectivity index (χ4n) is 2.54. The van der Waals surface area contributed by atoms with Crippen molar-refractivity contribution in [3.05, 3.63) is 88.0 Å². The Labute approximate surface area is 198 Å². The van der Waals surface area contributed by atoms with Gasteiger partial charge in [0.15, 0.2) is 0 Å². The lowest BCUT2D eigenvalue weighted by Crippen LogP contribution is -2.11. The molecule has 0 aliphatic rings. The minimum Gasteiger partial charge on any atom is -0.496 e. The van der Waals surface area contributed by atoms with E-state index >= 15 is 0 Å². The first-order valence-electron chi connectivity index (χ1n) is 9.67. The van der Waals surface area contributed by atoms with Gasteiger partial charge in [-0.15, -0.1) is 0 Å². The highest BCUT2D eigenvalue weighted by Gasteiger charge is 2.30. The van der Waals surface area contributed by atoms with Gasteiger partial charge in [-0.05, 0) is 38.1 Å². The van der Waals surface area contributed by atoms with Gasteiger partial charge in [0.1, 0.15) is 22.8 Å². The molecular formula is C23H23ClF4N2O4. The maximum absolute atomic E-state index is 13.9. The van der Waals surface area contributed by atoms with Crippen molar-refractivity contribution in [3.63, 3.8) is 0 Å². The average molecular weight is 503 g/mol. The Bertz CT molecular complexity index is 1090. The van der Waals surface area contributed by atoms with E-state index in [4.69, 9.17) is 26.7 Å². The molecule has 0 aliphatic heterocycles. The number of hydrogen-bond acceptors (Lipinski definition) is 6. The second-order valence-corrected chi connectivity index (χ2v) is 6.93. The Kier molecular flexibility index (Phi) is 11.4. The zero-order chi connectivity index (χ0) is 25.9. The standard InChI is InChI=1S/C13H10ClFN2O3.C8H7F3.C2H6O/c1-20-10-4-2-3-8(15)11(10)13(18)12-9(17-19)5-7(14)6-16-12;1-6-3-2-4-7(5-6)8(9,10)11;1-2-3/h2-6,17,19H,1H3;2-5H,1H3;3H,2H2,1H3. The molecule has 3 rings (SSSR count). The summed E-state index contributed by atoms with van der Waals surface area (Å²) >= 11 is 5.71. The molecule has 184 valence electrons. The molecule has 0 saturated carbocycles. The maximum Gasteiger partial charge on any atom is 0.416 e. The number of nitrogens with one attached hydrogen (secondary N) is 1. The number of hydrogen-bond donors (Lipinski definition) is 3. The quantitative estimate of drug-likeness (QED) is 0.233. The van der Waals surface area contributed by atoms with Crippen molar-refractivity contribution in [1.29, 1.82) is 0 Å². The molecule has 1 heterocycles. The van der Waals surface area contributed by atoms with E-state index in [0.29, 0.717) is 5.56 Å². The first-order chi connectivity index (χ1) is 16.0. The van der Waals surface area contributed by atoms with Crippen LogP contribution >= 0.6 is 11.6 Å². The third-order valence-electron chi connectivity index (χ3n) is 3.96. The number of benzene rings is 2. The number of halogens is 5. The molecule has 0 bridgehead atoms. The van der Waals surface area contributed by atoms with E-state index in [2.05, 4.69) is 4.98 Å². The van der Waals surface area contributed by atoms with Gasteiger partial charge < -0.3 is 9.84 Å². The number of aliphatic hydroxyl groups is 1. The molecule has 0 atom stereocenters. The summed E-state index contributed by atoms with van der Waals surface area (Å²) in [5.41, 5.74) is 1.40. The Morgan fingerprint density at radius 3 is 2.29 bits per heavy atom. The zero-order valence-corrected chi connectivity index (χ0v) is 19.2. The number of aliphatic hydroxyl groups excluding tert-OH is 1. The number of methoxy groups -OCH3 is 1. The van der Waals surface area contributed by atoms with Crippen LogP contribution in [0.25, 0.3) is 0 Å². The summed E-state index contributed by atoms with van der Waals surface area (Å²) in [5, 5.41) is 16.8. The molecule has 3 N–H and O–H groups in total. The molecule has 1 aromatic heterocycles. The van der Waals surface area contributed by atoms with E-state index in [0.717, 1.165) is 18.2 Å². The molecular weight excluding hydrogens is 480 g/mol. The third kappa shape index (κ3) is 8.29. The summed E-state index contributed by atoms with van der Waals surface area (Å²) < 4.78 is 54.7. The maximum atomic E-state index is 13.9. The van der Waals surface area contributed by atoms with E-state index in [-0.39, 0.29) is 34.3 Å². The first kappa shape index (κ1) is 28.8. The van der Waals surface area contributed by atoms with Crippen LogP contribution in [0.1, 0.15) is 34.1 Å². The zero-order valence-electron chi connectivity index (χ0n) is 18.5. The number of aromatic nitrogens is 1. The molecule has 0 radical (unpaired) electrons. The number of nitrogens with zero attached hydrogens (tertiary/aromatic N) is 1. The van der Waals surface area contributed by atoms with Gasteiger partial charge >= 0.3 is 6.18 Å². The molecule has 2 aromatic carbocycles. The number of aryl methyl sites for hydroxylation is 1. The molecule has 0 aliphatic carbocycles. The van der Waals surface area contributed by atoms with Crippen LogP contribution in [0.3, 0.4) is 0 Å². The van der Waals surface area contributed by atoms with Gasteiger partial charge in [0, 0.05) is 12.8 Å². The summed E-state index contributed by atoms with van der Waals surface area (Å²) in [6, 6.07) is 10.5. The normalized spacial score (nSPS) is 10.3. The van der Waals surface area contributed by atoms with Gasteiger partial charge in [-0.3, -0.25) is 15.5 Å². The molecule has 0 unspecified atom stereocenters. The molecule has 11 heteroatoms. The first-order valence-corrected chi connectivity index (χ1v) is 10.0. The van der Waals surface area contributed by atoms with Crippen LogP contribution in [-0.4, -0.2) is 34.8 Å². The SMILES string of the molecule is CCO.COc1cccc(F)c1C(=O)c1ncc(Cl)cc1NO.Cc1cccc(C(F)(F)F)c1. The number of rotatable bonds is 4. The van der Waals surface area contributed by atoms with Gasteiger partial charge in [0.2, 0.25) is 5.78 Å². The molecule has 6 nitrogen and oxygen atoms in total. The monoisotopic (exact) mass is 502 g/mol. The van der Waals surface area contributed by atoms with Gasteiger partial charge in [-0.2, -0.15) is 13.2 Å². The smallest absolute Gasteiger partial charge is 0.416 e. The molecule has 0 saturated heterocycles. The summed E-state index contributed by atoms with van der Waals surface area (Å²) in [5.74, 6) is -1.39. The second-order valence-electron chi connectivity index (χ2n) is 6.49. The predicted octanol–water partition coefficient (Wildman–Crippen LogP) is 5.93. The van der Waals surface area contributed by atoms with Crippen molar-refractivity contribution in [2.45, 2.75) is 20.0 Å². The summed E-state index contributed by atoms with van der Waals surface area (Å²) in [6.45, 7) is 3.56. The summed E-state index contributed by atoms with van der Waals surface area (Å²) in [7, 11) is 1.33. The fraction of sp³-hybridized carbons (Fsp3) is 0.217. The van der Waals surface area contributed by atoms with Crippen molar-refractivity contribution in [2.24, 2.45) is 0 Å². The number of carbonyl (C=O) groups excluding carboxylic acids is 1. The van der Waals surface area contributed by atoms with Crippen molar-refractivity contribution in [2.75, 3.05) is 19.2 Å². The van der Waals surface area contributed by atoms with Crippen LogP contribution < -0.4 is 10.2 Å². The molecule has 3 aromatic rings. The lowest BCUT2D eigenvalue weighted by molar-refractivity contribution is -0.137. The van der Waals surface area contributed by atoms with Crippen LogP contribution in [0.4, 0.5) is 23.2 Å². The Morgan fingerprint density at radius 2 is 1.79 bits per heavy atom. The number of ketones is 1. The number of ether oxygens (including phenoxy) is 1. The number of alkyl halides is 3. The lowest BCUT2D eigenvalue weighted by atomic mass is 10.0. The van der Waals surface area contributed by atoms with E-state index in [1.165, 1.54) is 37.6 Å². The van der Waals surface area contributed by atoms with Gasteiger partial charge in [-0.1, -0.05) is 41.4 Å². The van der Waals surface area contributed by atoms with E-state index in [1.807, 2.05) is 5.48 Å². The summed E-state index contributed by atoms with van der Waals surface area (Å²) in [6.07, 6.45) is -2.99.